The Labute approximate surface area is 144 Å². The molecular weight excluding hydrogens is 320 g/mol. The zero-order valence-electron chi connectivity index (χ0n) is 14.2. The summed E-state index contributed by atoms with van der Waals surface area (Å²) in [5.74, 6) is -0.108. The molecule has 1 aliphatic heterocycles. The number of fused-ring (bicyclic) bond motifs is 1. The molecule has 8 nitrogen and oxygen atoms in total. The van der Waals surface area contributed by atoms with Crippen LogP contribution >= 0.6 is 0 Å². The fourth-order valence-corrected chi connectivity index (χ4v) is 3.17. The van der Waals surface area contributed by atoms with Gasteiger partial charge in [-0.2, -0.15) is 0 Å². The molecule has 3 heterocycles. The number of nitrogens with zero attached hydrogens (tertiary/aromatic N) is 5. The SMILES string of the molecule is CC(C)n1cc(C2(O)CCN(C(=O)c3ccc4nc[nH]c4c3)C2)nn1. The number of hydrogen-bond donors (Lipinski definition) is 2. The fraction of sp³-hybridized carbons (Fsp3) is 0.412. The molecule has 0 aliphatic carbocycles. The van der Waals surface area contributed by atoms with E-state index in [1.165, 1.54) is 0 Å². The lowest BCUT2D eigenvalue weighted by molar-refractivity contribution is 0.0381. The van der Waals surface area contributed by atoms with Crippen molar-refractivity contribution in [2.24, 2.45) is 0 Å². The molecule has 8 heteroatoms. The monoisotopic (exact) mass is 340 g/mol. The van der Waals surface area contributed by atoms with Crippen LogP contribution in [0.3, 0.4) is 0 Å². The lowest BCUT2D eigenvalue weighted by Gasteiger charge is -2.21. The van der Waals surface area contributed by atoms with Crippen molar-refractivity contribution in [1.29, 1.82) is 0 Å². The molecule has 4 rings (SSSR count). The Morgan fingerprint density at radius 2 is 2.24 bits per heavy atom. The van der Waals surface area contributed by atoms with Gasteiger partial charge >= 0.3 is 0 Å². The quantitative estimate of drug-likeness (QED) is 0.752. The van der Waals surface area contributed by atoms with E-state index in [0.29, 0.717) is 24.2 Å². The first-order chi connectivity index (χ1) is 12.0. The van der Waals surface area contributed by atoms with Crippen molar-refractivity contribution in [2.45, 2.75) is 31.9 Å². The summed E-state index contributed by atoms with van der Waals surface area (Å²) in [5, 5.41) is 19.1. The summed E-state index contributed by atoms with van der Waals surface area (Å²) in [5.41, 5.74) is 1.58. The maximum Gasteiger partial charge on any atom is 0.254 e. The lowest BCUT2D eigenvalue weighted by Crippen LogP contribution is -2.34. The summed E-state index contributed by atoms with van der Waals surface area (Å²) >= 11 is 0. The van der Waals surface area contributed by atoms with Crippen LogP contribution in [0.1, 0.15) is 42.4 Å². The Bertz CT molecular complexity index is 930. The van der Waals surface area contributed by atoms with Crippen LogP contribution in [0.25, 0.3) is 11.0 Å². The van der Waals surface area contributed by atoms with Crippen LogP contribution in [0.5, 0.6) is 0 Å². The molecule has 1 saturated heterocycles. The molecule has 1 amide bonds. The zero-order valence-corrected chi connectivity index (χ0v) is 14.2. The molecule has 0 radical (unpaired) electrons. The number of carbonyl (C=O) groups excluding carboxylic acids is 1. The first kappa shape index (κ1) is 15.8. The molecule has 0 saturated carbocycles. The van der Waals surface area contributed by atoms with Gasteiger partial charge in [-0.05, 0) is 32.0 Å². The van der Waals surface area contributed by atoms with Crippen molar-refractivity contribution >= 4 is 16.9 Å². The standard InChI is InChI=1S/C17H20N6O2/c1-11(2)23-8-15(20-21-23)17(25)5-6-22(9-17)16(24)12-3-4-13-14(7-12)19-10-18-13/h3-4,7-8,10-11,25H,5-6,9H2,1-2H3,(H,18,19). The number of hydrogen-bond acceptors (Lipinski definition) is 5. The molecule has 1 atom stereocenters. The van der Waals surface area contributed by atoms with E-state index < -0.39 is 5.60 Å². The maximum absolute atomic E-state index is 12.8. The molecule has 1 fully saturated rings. The van der Waals surface area contributed by atoms with E-state index in [1.807, 2.05) is 19.9 Å². The highest BCUT2D eigenvalue weighted by Gasteiger charge is 2.42. The molecule has 2 aromatic heterocycles. The summed E-state index contributed by atoms with van der Waals surface area (Å²) in [6.45, 7) is 4.69. The average Bonchev–Trinajstić information content (AvgIpc) is 3.32. The number of aliphatic hydroxyl groups is 1. The van der Waals surface area contributed by atoms with Gasteiger partial charge < -0.3 is 15.0 Å². The Hall–Kier alpha value is -2.74. The van der Waals surface area contributed by atoms with Gasteiger partial charge in [0.25, 0.3) is 5.91 Å². The molecule has 1 unspecified atom stereocenters. The minimum atomic E-state index is -1.15. The van der Waals surface area contributed by atoms with Crippen LogP contribution in [-0.4, -0.2) is 54.0 Å². The van der Waals surface area contributed by atoms with Crippen molar-refractivity contribution in [1.82, 2.24) is 29.9 Å². The van der Waals surface area contributed by atoms with E-state index in [2.05, 4.69) is 20.3 Å². The van der Waals surface area contributed by atoms with Crippen LogP contribution in [-0.2, 0) is 5.60 Å². The minimum Gasteiger partial charge on any atom is -0.381 e. The number of nitrogens with one attached hydrogen (secondary N) is 1. The van der Waals surface area contributed by atoms with E-state index >= 15 is 0 Å². The first-order valence-corrected chi connectivity index (χ1v) is 8.33. The summed E-state index contributed by atoms with van der Waals surface area (Å²) in [4.78, 5) is 21.6. The molecule has 3 aromatic rings. The lowest BCUT2D eigenvalue weighted by atomic mass is 10.00. The van der Waals surface area contributed by atoms with Gasteiger partial charge in [0.05, 0.1) is 30.1 Å². The first-order valence-electron chi connectivity index (χ1n) is 8.33. The van der Waals surface area contributed by atoms with Crippen molar-refractivity contribution in [3.05, 3.63) is 42.0 Å². The summed E-state index contributed by atoms with van der Waals surface area (Å²) in [6, 6.07) is 5.54. The van der Waals surface area contributed by atoms with Crippen LogP contribution in [0.4, 0.5) is 0 Å². The summed E-state index contributed by atoms with van der Waals surface area (Å²) in [6.07, 6.45) is 3.81. The van der Waals surface area contributed by atoms with Crippen LogP contribution in [0.2, 0.25) is 0 Å². The van der Waals surface area contributed by atoms with Crippen LogP contribution in [0, 0.1) is 0 Å². The Morgan fingerprint density at radius 1 is 1.40 bits per heavy atom. The number of rotatable bonds is 3. The van der Waals surface area contributed by atoms with Gasteiger partial charge in [-0.25, -0.2) is 9.67 Å². The number of likely N-dealkylation sites (tertiary alicyclic amines) is 1. The predicted molar refractivity (Wildman–Crippen MR) is 90.9 cm³/mol. The van der Waals surface area contributed by atoms with E-state index in [4.69, 9.17) is 0 Å². The Kier molecular flexibility index (Phi) is 3.57. The van der Waals surface area contributed by atoms with Gasteiger partial charge in [-0.15, -0.1) is 5.10 Å². The van der Waals surface area contributed by atoms with Crippen LogP contribution in [0.15, 0.2) is 30.7 Å². The number of H-pyrrole nitrogens is 1. The number of β-amino-alcohol motifs (C(OH)–C–C–N with tert-alkyl or cyclic N) is 1. The second kappa shape index (κ2) is 5.66. The highest BCUT2D eigenvalue weighted by molar-refractivity contribution is 5.97. The number of amides is 1. The third-order valence-corrected chi connectivity index (χ3v) is 4.72. The number of benzene rings is 1. The van der Waals surface area contributed by atoms with Gasteiger partial charge in [0.15, 0.2) is 0 Å². The second-order valence-corrected chi connectivity index (χ2v) is 6.82. The molecule has 0 spiro atoms. The molecule has 130 valence electrons. The molecule has 1 aliphatic rings. The van der Waals surface area contributed by atoms with E-state index in [-0.39, 0.29) is 18.5 Å². The smallest absolute Gasteiger partial charge is 0.254 e. The minimum absolute atomic E-state index is 0.108. The molecule has 2 N–H and O–H groups in total. The third-order valence-electron chi connectivity index (χ3n) is 4.72. The predicted octanol–water partition coefficient (Wildman–Crippen LogP) is 1.47. The van der Waals surface area contributed by atoms with Gasteiger partial charge in [-0.1, -0.05) is 5.21 Å². The number of aromatic nitrogens is 5. The maximum atomic E-state index is 12.8. The largest absolute Gasteiger partial charge is 0.381 e. The van der Waals surface area contributed by atoms with Crippen molar-refractivity contribution < 1.29 is 9.90 Å². The van der Waals surface area contributed by atoms with Gasteiger partial charge in [0.2, 0.25) is 0 Å². The molecule has 1 aromatic carbocycles. The normalized spacial score (nSPS) is 20.7. The van der Waals surface area contributed by atoms with Gasteiger partial charge in [0, 0.05) is 24.6 Å². The van der Waals surface area contributed by atoms with Crippen molar-refractivity contribution in [3.63, 3.8) is 0 Å². The highest BCUT2D eigenvalue weighted by atomic mass is 16.3. The average molecular weight is 340 g/mol. The molecule has 25 heavy (non-hydrogen) atoms. The highest BCUT2D eigenvalue weighted by Crippen LogP contribution is 2.31. The van der Waals surface area contributed by atoms with Gasteiger partial charge in [-0.3, -0.25) is 4.79 Å². The zero-order chi connectivity index (χ0) is 17.6. The van der Waals surface area contributed by atoms with E-state index in [9.17, 15) is 9.90 Å². The second-order valence-electron chi connectivity index (χ2n) is 6.82. The Balaban J connectivity index is 1.55. The van der Waals surface area contributed by atoms with Crippen molar-refractivity contribution in [3.8, 4) is 0 Å². The van der Waals surface area contributed by atoms with E-state index in [0.717, 1.165) is 11.0 Å². The van der Waals surface area contributed by atoms with E-state index in [1.54, 1.807) is 34.2 Å². The van der Waals surface area contributed by atoms with Gasteiger partial charge in [0.1, 0.15) is 11.3 Å². The van der Waals surface area contributed by atoms with Crippen molar-refractivity contribution in [2.75, 3.05) is 13.1 Å². The number of imidazole rings is 1. The molecular formula is C17H20N6O2. The van der Waals surface area contributed by atoms with Crippen LogP contribution < -0.4 is 0 Å². The summed E-state index contributed by atoms with van der Waals surface area (Å²) in [7, 11) is 0. The number of carbonyl (C=O) groups is 1. The molecule has 0 bridgehead atoms. The Morgan fingerprint density at radius 3 is 3.00 bits per heavy atom. The number of aromatic amines is 1. The summed E-state index contributed by atoms with van der Waals surface area (Å²) < 4.78 is 1.71. The fourth-order valence-electron chi connectivity index (χ4n) is 3.17. The topological polar surface area (TPSA) is 99.9 Å². The third kappa shape index (κ3) is 2.68.